The van der Waals surface area contributed by atoms with Crippen molar-refractivity contribution in [1.29, 1.82) is 0 Å². The number of aromatic nitrogens is 2. The summed E-state index contributed by atoms with van der Waals surface area (Å²) in [6.45, 7) is 14.7. The topological polar surface area (TPSA) is 125 Å². The predicted octanol–water partition coefficient (Wildman–Crippen LogP) is 5.02. The van der Waals surface area contributed by atoms with Crippen molar-refractivity contribution in [2.24, 2.45) is 0 Å². The second-order valence-electron chi connectivity index (χ2n) is 12.7. The van der Waals surface area contributed by atoms with Gasteiger partial charge in [-0.05, 0) is 52.0 Å². The summed E-state index contributed by atoms with van der Waals surface area (Å²) in [6, 6.07) is 12.0. The van der Waals surface area contributed by atoms with Crippen LogP contribution in [0.3, 0.4) is 0 Å². The molecule has 1 aromatic heterocycles. The van der Waals surface area contributed by atoms with E-state index in [9.17, 15) is 9.59 Å². The van der Waals surface area contributed by atoms with Crippen LogP contribution in [0.15, 0.2) is 42.6 Å². The number of hydrogen-bond donors (Lipinski definition) is 2. The van der Waals surface area contributed by atoms with Crippen LogP contribution in [0, 0.1) is 6.92 Å². The molecule has 0 radical (unpaired) electrons. The minimum atomic E-state index is -0.517. The molecule has 0 unspecified atom stereocenters. The molecule has 0 aliphatic carbocycles. The Balaban J connectivity index is 1.25. The van der Waals surface area contributed by atoms with E-state index in [0.29, 0.717) is 62.5 Å². The fourth-order valence-electron chi connectivity index (χ4n) is 5.59. The van der Waals surface area contributed by atoms with Crippen molar-refractivity contribution in [2.75, 3.05) is 87.0 Å². The van der Waals surface area contributed by atoms with E-state index in [1.807, 2.05) is 69.0 Å². The SMILES string of the molecule is COc1cc(N2CCN(C(C)=O)CC2)ccc1Nc1ncc(C)c(Nc2ccc(N3CCN(C(=O)OC(C)(C)C)CC3)cc2OC)n1. The van der Waals surface area contributed by atoms with E-state index in [0.717, 1.165) is 41.4 Å². The number of aryl methyl sites for hydroxylation is 1. The molecule has 2 aliphatic heterocycles. The Morgan fingerprint density at radius 3 is 1.77 bits per heavy atom. The van der Waals surface area contributed by atoms with Gasteiger partial charge in [-0.2, -0.15) is 4.98 Å². The highest BCUT2D eigenvalue weighted by molar-refractivity contribution is 5.75. The number of nitrogens with one attached hydrogen (secondary N) is 2. The minimum absolute atomic E-state index is 0.108. The maximum Gasteiger partial charge on any atom is 0.410 e. The molecular formula is C34H46N8O5. The van der Waals surface area contributed by atoms with E-state index in [2.05, 4.69) is 25.4 Å². The first-order valence-electron chi connectivity index (χ1n) is 15.9. The molecule has 2 aromatic carbocycles. The van der Waals surface area contributed by atoms with Crippen molar-refractivity contribution in [1.82, 2.24) is 19.8 Å². The summed E-state index contributed by atoms with van der Waals surface area (Å²) in [7, 11) is 3.28. The number of anilines is 6. The van der Waals surface area contributed by atoms with Gasteiger partial charge in [-0.1, -0.05) is 0 Å². The highest BCUT2D eigenvalue weighted by atomic mass is 16.6. The summed E-state index contributed by atoms with van der Waals surface area (Å²) in [4.78, 5) is 41.6. The van der Waals surface area contributed by atoms with Crippen LogP contribution in [0.25, 0.3) is 0 Å². The van der Waals surface area contributed by atoms with Crippen LogP contribution < -0.4 is 29.9 Å². The van der Waals surface area contributed by atoms with E-state index < -0.39 is 5.60 Å². The van der Waals surface area contributed by atoms with Gasteiger partial charge in [0.1, 0.15) is 22.9 Å². The Labute approximate surface area is 276 Å². The fourth-order valence-corrected chi connectivity index (χ4v) is 5.59. The molecule has 0 saturated carbocycles. The van der Waals surface area contributed by atoms with E-state index in [4.69, 9.17) is 19.2 Å². The molecule has 0 spiro atoms. The number of carbonyl (C=O) groups excluding carboxylic acids is 2. The molecule has 252 valence electrons. The Hall–Kier alpha value is -4.94. The fraction of sp³-hybridized carbons (Fsp3) is 0.471. The first kappa shape index (κ1) is 33.4. The second-order valence-corrected chi connectivity index (χ2v) is 12.7. The minimum Gasteiger partial charge on any atom is -0.494 e. The lowest BCUT2D eigenvalue weighted by Crippen LogP contribution is -2.50. The normalized spacial score (nSPS) is 15.3. The molecule has 13 heteroatoms. The first-order valence-corrected chi connectivity index (χ1v) is 15.9. The number of carbonyl (C=O) groups is 2. The van der Waals surface area contributed by atoms with Crippen molar-refractivity contribution in [3.63, 3.8) is 0 Å². The average molecular weight is 647 g/mol. The summed E-state index contributed by atoms with van der Waals surface area (Å²) < 4.78 is 17.0. The van der Waals surface area contributed by atoms with Crippen LogP contribution in [0.1, 0.15) is 33.3 Å². The van der Waals surface area contributed by atoms with Crippen LogP contribution in [0.4, 0.5) is 39.3 Å². The summed E-state index contributed by atoms with van der Waals surface area (Å²) in [5.74, 6) is 2.50. The third-order valence-corrected chi connectivity index (χ3v) is 8.23. The van der Waals surface area contributed by atoms with Crippen molar-refractivity contribution < 1.29 is 23.8 Å². The quantitative estimate of drug-likeness (QED) is 0.343. The van der Waals surface area contributed by atoms with Crippen LogP contribution in [0.2, 0.25) is 0 Å². The van der Waals surface area contributed by atoms with Gasteiger partial charge in [-0.3, -0.25) is 4.79 Å². The molecule has 2 saturated heterocycles. The largest absolute Gasteiger partial charge is 0.494 e. The van der Waals surface area contributed by atoms with Gasteiger partial charge in [-0.25, -0.2) is 9.78 Å². The summed E-state index contributed by atoms with van der Waals surface area (Å²) in [5, 5.41) is 6.71. The third-order valence-electron chi connectivity index (χ3n) is 8.23. The van der Waals surface area contributed by atoms with Gasteiger partial charge in [0.05, 0.1) is 25.6 Å². The van der Waals surface area contributed by atoms with Crippen molar-refractivity contribution in [3.8, 4) is 11.5 Å². The lowest BCUT2D eigenvalue weighted by atomic mass is 10.2. The zero-order valence-electron chi connectivity index (χ0n) is 28.4. The number of methoxy groups -OCH3 is 2. The summed E-state index contributed by atoms with van der Waals surface area (Å²) in [5.41, 5.74) is 3.90. The molecule has 13 nitrogen and oxygen atoms in total. The maximum atomic E-state index is 12.5. The number of ether oxygens (including phenoxy) is 3. The number of benzene rings is 2. The molecule has 2 N–H and O–H groups in total. The van der Waals surface area contributed by atoms with Gasteiger partial charge in [0, 0.05) is 94.5 Å². The van der Waals surface area contributed by atoms with Crippen LogP contribution in [-0.2, 0) is 9.53 Å². The monoisotopic (exact) mass is 646 g/mol. The van der Waals surface area contributed by atoms with Gasteiger partial charge < -0.3 is 44.4 Å². The van der Waals surface area contributed by atoms with Crippen molar-refractivity contribution in [3.05, 3.63) is 48.2 Å². The Bertz CT molecular complexity index is 1580. The van der Waals surface area contributed by atoms with E-state index in [1.165, 1.54) is 0 Å². The van der Waals surface area contributed by atoms with Gasteiger partial charge in [-0.15, -0.1) is 0 Å². The highest BCUT2D eigenvalue weighted by Crippen LogP contribution is 2.35. The number of amides is 2. The smallest absolute Gasteiger partial charge is 0.410 e. The molecule has 3 aromatic rings. The number of nitrogens with zero attached hydrogens (tertiary/aromatic N) is 6. The first-order chi connectivity index (χ1) is 22.4. The molecule has 2 fully saturated rings. The standard InChI is InChI=1S/C34H46N8O5/c1-23-22-35-32(37-28-11-9-26(21-30(28)46-7)40-14-12-39(13-15-40)24(2)43)38-31(23)36-27-10-8-25(20-29(27)45-6)41-16-18-42(19-17-41)33(44)47-34(3,4)5/h8-11,20-22H,12-19H2,1-7H3,(H2,35,36,37,38). The highest BCUT2D eigenvalue weighted by Gasteiger charge is 2.26. The third kappa shape index (κ3) is 8.27. The summed E-state index contributed by atoms with van der Waals surface area (Å²) >= 11 is 0. The molecule has 5 rings (SSSR count). The van der Waals surface area contributed by atoms with Crippen molar-refractivity contribution >= 4 is 46.5 Å². The van der Waals surface area contributed by atoms with Gasteiger partial charge in [0.2, 0.25) is 11.9 Å². The average Bonchev–Trinajstić information content (AvgIpc) is 3.06. The Morgan fingerprint density at radius 1 is 0.766 bits per heavy atom. The lowest BCUT2D eigenvalue weighted by molar-refractivity contribution is -0.129. The summed E-state index contributed by atoms with van der Waals surface area (Å²) in [6.07, 6.45) is 1.48. The lowest BCUT2D eigenvalue weighted by Gasteiger charge is -2.37. The Kier molecular flexibility index (Phi) is 10.1. The van der Waals surface area contributed by atoms with E-state index >= 15 is 0 Å². The molecule has 0 bridgehead atoms. The number of hydrogen-bond acceptors (Lipinski definition) is 11. The molecule has 47 heavy (non-hydrogen) atoms. The predicted molar refractivity (Wildman–Crippen MR) is 184 cm³/mol. The van der Waals surface area contributed by atoms with Crippen molar-refractivity contribution in [2.45, 2.75) is 40.2 Å². The van der Waals surface area contributed by atoms with Gasteiger partial charge >= 0.3 is 6.09 Å². The van der Waals surface area contributed by atoms with E-state index in [-0.39, 0.29) is 12.0 Å². The molecule has 2 aliphatic rings. The van der Waals surface area contributed by atoms with Gasteiger partial charge in [0.15, 0.2) is 0 Å². The zero-order valence-corrected chi connectivity index (χ0v) is 28.4. The maximum absolute atomic E-state index is 12.5. The molecule has 0 atom stereocenters. The second kappa shape index (κ2) is 14.2. The van der Waals surface area contributed by atoms with Gasteiger partial charge in [0.25, 0.3) is 0 Å². The Morgan fingerprint density at radius 2 is 1.28 bits per heavy atom. The van der Waals surface area contributed by atoms with Crippen LogP contribution >= 0.6 is 0 Å². The molecule has 2 amide bonds. The number of piperazine rings is 2. The van der Waals surface area contributed by atoms with Crippen LogP contribution in [-0.4, -0.2) is 104 Å². The number of rotatable bonds is 8. The molecule has 3 heterocycles. The van der Waals surface area contributed by atoms with Crippen LogP contribution in [0.5, 0.6) is 11.5 Å². The van der Waals surface area contributed by atoms with E-state index in [1.54, 1.807) is 32.2 Å². The molecular weight excluding hydrogens is 600 g/mol. The zero-order chi connectivity index (χ0) is 33.7.